The van der Waals surface area contributed by atoms with E-state index < -0.39 is 0 Å². The Morgan fingerprint density at radius 3 is 2.59 bits per heavy atom. The third-order valence-corrected chi connectivity index (χ3v) is 3.89. The van der Waals surface area contributed by atoms with Gasteiger partial charge < -0.3 is 19.9 Å². The standard InChI is InChI=1S/C18H21NO3/c1-20-11-10-13-6-8-14(9-7-13)18(19)17-12-21-15-4-2-3-5-16(15)22-17/h2-9,17-18H,10-12,19H2,1H3. The molecule has 0 aromatic heterocycles. The summed E-state index contributed by atoms with van der Waals surface area (Å²) < 4.78 is 16.8. The number of fused-ring (bicyclic) bond motifs is 1. The maximum absolute atomic E-state index is 6.35. The van der Waals surface area contributed by atoms with Crippen LogP contribution < -0.4 is 15.2 Å². The summed E-state index contributed by atoms with van der Waals surface area (Å²) in [5.74, 6) is 1.53. The van der Waals surface area contributed by atoms with E-state index in [1.165, 1.54) is 5.56 Å². The summed E-state index contributed by atoms with van der Waals surface area (Å²) in [4.78, 5) is 0. The fraction of sp³-hybridized carbons (Fsp3) is 0.333. The van der Waals surface area contributed by atoms with Crippen LogP contribution in [0, 0.1) is 0 Å². The van der Waals surface area contributed by atoms with Gasteiger partial charge in [-0.3, -0.25) is 0 Å². The summed E-state index contributed by atoms with van der Waals surface area (Å²) >= 11 is 0. The summed E-state index contributed by atoms with van der Waals surface area (Å²) in [6.07, 6.45) is 0.724. The third kappa shape index (κ3) is 3.24. The van der Waals surface area contributed by atoms with Gasteiger partial charge in [0.25, 0.3) is 0 Å². The van der Waals surface area contributed by atoms with Crippen molar-refractivity contribution in [2.24, 2.45) is 5.73 Å². The fourth-order valence-electron chi connectivity index (χ4n) is 2.55. The quantitative estimate of drug-likeness (QED) is 0.922. The van der Waals surface area contributed by atoms with Gasteiger partial charge in [-0.1, -0.05) is 36.4 Å². The Labute approximate surface area is 130 Å². The highest BCUT2D eigenvalue weighted by molar-refractivity contribution is 5.41. The molecule has 1 heterocycles. The van der Waals surface area contributed by atoms with Crippen LogP contribution in [0.4, 0.5) is 0 Å². The molecular weight excluding hydrogens is 278 g/mol. The van der Waals surface area contributed by atoms with Crippen molar-refractivity contribution in [2.75, 3.05) is 20.3 Å². The Kier molecular flexibility index (Phi) is 4.61. The van der Waals surface area contributed by atoms with Crippen LogP contribution >= 0.6 is 0 Å². The van der Waals surface area contributed by atoms with Crippen molar-refractivity contribution in [3.05, 3.63) is 59.7 Å². The fourth-order valence-corrected chi connectivity index (χ4v) is 2.55. The predicted molar refractivity (Wildman–Crippen MR) is 85.3 cm³/mol. The van der Waals surface area contributed by atoms with Crippen LogP contribution in [-0.4, -0.2) is 26.4 Å². The molecule has 3 rings (SSSR count). The molecule has 22 heavy (non-hydrogen) atoms. The summed E-state index contributed by atoms with van der Waals surface area (Å²) in [6, 6.07) is 15.7. The van der Waals surface area contributed by atoms with Crippen molar-refractivity contribution < 1.29 is 14.2 Å². The van der Waals surface area contributed by atoms with E-state index in [0.29, 0.717) is 6.61 Å². The molecule has 2 aromatic rings. The van der Waals surface area contributed by atoms with Crippen molar-refractivity contribution in [3.63, 3.8) is 0 Å². The monoisotopic (exact) mass is 299 g/mol. The van der Waals surface area contributed by atoms with Gasteiger partial charge in [0.2, 0.25) is 0 Å². The lowest BCUT2D eigenvalue weighted by atomic mass is 10.00. The number of hydrogen-bond acceptors (Lipinski definition) is 4. The van der Waals surface area contributed by atoms with Crippen LogP contribution in [0.3, 0.4) is 0 Å². The van der Waals surface area contributed by atoms with Gasteiger partial charge in [-0.25, -0.2) is 0 Å². The maximum atomic E-state index is 6.35. The molecule has 2 N–H and O–H groups in total. The SMILES string of the molecule is COCCc1ccc(C(N)C2COc3ccccc3O2)cc1. The molecule has 4 heteroatoms. The maximum Gasteiger partial charge on any atom is 0.161 e. The predicted octanol–water partition coefficient (Wildman–Crippen LogP) is 2.72. The molecule has 2 atom stereocenters. The van der Waals surface area contributed by atoms with E-state index in [0.717, 1.165) is 30.1 Å². The molecule has 116 valence electrons. The number of benzene rings is 2. The molecule has 0 aliphatic carbocycles. The lowest BCUT2D eigenvalue weighted by Crippen LogP contribution is -2.38. The van der Waals surface area contributed by atoms with Gasteiger partial charge >= 0.3 is 0 Å². The van der Waals surface area contributed by atoms with E-state index in [1.54, 1.807) is 7.11 Å². The molecule has 2 unspecified atom stereocenters. The lowest BCUT2D eigenvalue weighted by molar-refractivity contribution is 0.0721. The van der Waals surface area contributed by atoms with E-state index in [-0.39, 0.29) is 12.1 Å². The molecule has 1 aliphatic rings. The largest absolute Gasteiger partial charge is 0.486 e. The first-order valence-corrected chi connectivity index (χ1v) is 7.50. The first-order chi connectivity index (χ1) is 10.8. The Morgan fingerprint density at radius 1 is 1.14 bits per heavy atom. The minimum atomic E-state index is -0.218. The highest BCUT2D eigenvalue weighted by Crippen LogP contribution is 2.33. The second-order valence-electron chi connectivity index (χ2n) is 5.42. The normalized spacial score (nSPS) is 18.0. The highest BCUT2D eigenvalue weighted by atomic mass is 16.6. The second kappa shape index (κ2) is 6.81. The summed E-state index contributed by atoms with van der Waals surface area (Å²) in [5.41, 5.74) is 8.64. The zero-order chi connectivity index (χ0) is 15.4. The van der Waals surface area contributed by atoms with Gasteiger partial charge in [-0.05, 0) is 29.7 Å². The van der Waals surface area contributed by atoms with Crippen LogP contribution in [-0.2, 0) is 11.2 Å². The Bertz CT molecular complexity index is 612. The van der Waals surface area contributed by atoms with E-state index in [4.69, 9.17) is 19.9 Å². The average Bonchev–Trinajstić information content (AvgIpc) is 2.59. The number of ether oxygens (including phenoxy) is 3. The molecule has 0 saturated carbocycles. The lowest BCUT2D eigenvalue weighted by Gasteiger charge is -2.30. The van der Waals surface area contributed by atoms with E-state index in [2.05, 4.69) is 24.3 Å². The van der Waals surface area contributed by atoms with Gasteiger partial charge in [0.15, 0.2) is 17.6 Å². The average molecular weight is 299 g/mol. The molecule has 4 nitrogen and oxygen atoms in total. The summed E-state index contributed by atoms with van der Waals surface area (Å²) in [7, 11) is 1.71. The van der Waals surface area contributed by atoms with Gasteiger partial charge in [-0.2, -0.15) is 0 Å². The molecule has 0 saturated heterocycles. The molecule has 0 spiro atoms. The van der Waals surface area contributed by atoms with E-state index >= 15 is 0 Å². The molecule has 2 aromatic carbocycles. The van der Waals surface area contributed by atoms with Crippen molar-refractivity contribution in [2.45, 2.75) is 18.6 Å². The van der Waals surface area contributed by atoms with E-state index in [1.807, 2.05) is 24.3 Å². The molecular formula is C18H21NO3. The van der Waals surface area contributed by atoms with Crippen LogP contribution in [0.1, 0.15) is 17.2 Å². The molecule has 0 amide bonds. The summed E-state index contributed by atoms with van der Waals surface area (Å²) in [6.45, 7) is 1.19. The third-order valence-electron chi connectivity index (χ3n) is 3.89. The number of nitrogens with two attached hydrogens (primary N) is 1. The molecule has 1 aliphatic heterocycles. The zero-order valence-electron chi connectivity index (χ0n) is 12.7. The zero-order valence-corrected chi connectivity index (χ0v) is 12.7. The first kappa shape index (κ1) is 14.9. The smallest absolute Gasteiger partial charge is 0.161 e. The number of methoxy groups -OCH3 is 1. The van der Waals surface area contributed by atoms with Gasteiger partial charge in [0.05, 0.1) is 12.6 Å². The van der Waals surface area contributed by atoms with Crippen LogP contribution in [0.15, 0.2) is 48.5 Å². The van der Waals surface area contributed by atoms with Crippen molar-refractivity contribution in [1.29, 1.82) is 0 Å². The second-order valence-corrected chi connectivity index (χ2v) is 5.42. The van der Waals surface area contributed by atoms with E-state index in [9.17, 15) is 0 Å². The Hall–Kier alpha value is -2.04. The van der Waals surface area contributed by atoms with Gasteiger partial charge in [0, 0.05) is 7.11 Å². The van der Waals surface area contributed by atoms with Crippen molar-refractivity contribution in [3.8, 4) is 11.5 Å². The molecule has 0 radical (unpaired) electrons. The van der Waals surface area contributed by atoms with Crippen molar-refractivity contribution >= 4 is 0 Å². The van der Waals surface area contributed by atoms with Crippen molar-refractivity contribution in [1.82, 2.24) is 0 Å². The number of hydrogen-bond donors (Lipinski definition) is 1. The van der Waals surface area contributed by atoms with Gasteiger partial charge in [0.1, 0.15) is 6.61 Å². The van der Waals surface area contributed by atoms with Crippen LogP contribution in [0.5, 0.6) is 11.5 Å². The Morgan fingerprint density at radius 2 is 1.86 bits per heavy atom. The topological polar surface area (TPSA) is 53.7 Å². The Balaban J connectivity index is 1.68. The minimum Gasteiger partial charge on any atom is -0.486 e. The minimum absolute atomic E-state index is 0.181. The molecule has 0 bridgehead atoms. The van der Waals surface area contributed by atoms with Crippen LogP contribution in [0.25, 0.3) is 0 Å². The highest BCUT2D eigenvalue weighted by Gasteiger charge is 2.27. The molecule has 0 fully saturated rings. The number of rotatable bonds is 5. The summed E-state index contributed by atoms with van der Waals surface area (Å²) in [5, 5.41) is 0. The van der Waals surface area contributed by atoms with Crippen LogP contribution in [0.2, 0.25) is 0 Å². The first-order valence-electron chi connectivity index (χ1n) is 7.50. The number of para-hydroxylation sites is 2. The van der Waals surface area contributed by atoms with Gasteiger partial charge in [-0.15, -0.1) is 0 Å².